The molecule has 0 aliphatic carbocycles. The maximum Gasteiger partial charge on any atom is 0.223 e. The van der Waals surface area contributed by atoms with E-state index in [1.54, 1.807) is 19.0 Å². The second kappa shape index (κ2) is 10.9. The second-order valence-corrected chi connectivity index (χ2v) is 4.11. The number of nitrogens with zero attached hydrogens (tertiary/aromatic N) is 1. The minimum absolute atomic E-state index is 0.173. The summed E-state index contributed by atoms with van der Waals surface area (Å²) >= 11 is 0. The number of carbonyl (C=O) groups excluding carboxylic acids is 1. The van der Waals surface area contributed by atoms with E-state index in [-0.39, 0.29) is 5.91 Å². The third-order valence-corrected chi connectivity index (χ3v) is 2.30. The molecule has 0 aromatic rings. The van der Waals surface area contributed by atoms with Crippen molar-refractivity contribution in [2.75, 3.05) is 40.4 Å². The molecule has 4 heteroatoms. The van der Waals surface area contributed by atoms with Crippen LogP contribution in [0, 0.1) is 0 Å². The van der Waals surface area contributed by atoms with Gasteiger partial charge in [0.15, 0.2) is 0 Å². The highest BCUT2D eigenvalue weighted by Gasteiger charge is 2.01. The highest BCUT2D eigenvalue weighted by atomic mass is 16.5. The van der Waals surface area contributed by atoms with E-state index in [9.17, 15) is 4.79 Å². The van der Waals surface area contributed by atoms with E-state index in [0.717, 1.165) is 39.1 Å². The summed E-state index contributed by atoms with van der Waals surface area (Å²) in [7, 11) is 3.56. The Bertz CT molecular complexity index is 172. The van der Waals surface area contributed by atoms with Crippen LogP contribution < -0.4 is 5.32 Å². The molecule has 1 N–H and O–H groups in total. The number of unbranched alkanes of at least 4 members (excludes halogenated alkanes) is 1. The molecule has 0 aromatic heterocycles. The number of rotatable bonds is 10. The van der Waals surface area contributed by atoms with Crippen molar-refractivity contribution in [3.8, 4) is 0 Å². The zero-order valence-corrected chi connectivity index (χ0v) is 10.9. The smallest absolute Gasteiger partial charge is 0.223 e. The van der Waals surface area contributed by atoms with Crippen molar-refractivity contribution in [1.29, 1.82) is 0 Å². The van der Waals surface area contributed by atoms with Crippen molar-refractivity contribution in [3.05, 3.63) is 0 Å². The van der Waals surface area contributed by atoms with Crippen LogP contribution >= 0.6 is 0 Å². The van der Waals surface area contributed by atoms with Crippen LogP contribution in [0.2, 0.25) is 0 Å². The molecule has 16 heavy (non-hydrogen) atoms. The number of carbonyl (C=O) groups is 1. The number of ether oxygens (including phenoxy) is 1. The summed E-state index contributed by atoms with van der Waals surface area (Å²) in [5.41, 5.74) is 0. The summed E-state index contributed by atoms with van der Waals surface area (Å²) in [6.45, 7) is 5.52. The summed E-state index contributed by atoms with van der Waals surface area (Å²) in [5.74, 6) is 0.173. The fourth-order valence-corrected chi connectivity index (χ4v) is 1.19. The zero-order chi connectivity index (χ0) is 12.2. The molecule has 0 unspecified atom stereocenters. The minimum Gasteiger partial charge on any atom is -0.381 e. The Balaban J connectivity index is 3.07. The standard InChI is InChI=1S/C12H26N2O2/c1-4-5-10-16-11-6-8-13-9-7-12(15)14(2)3/h13H,4-11H2,1-3H3. The van der Waals surface area contributed by atoms with E-state index in [4.69, 9.17) is 4.74 Å². The molecular weight excluding hydrogens is 204 g/mol. The Morgan fingerprint density at radius 2 is 1.88 bits per heavy atom. The van der Waals surface area contributed by atoms with Crippen LogP contribution in [0.5, 0.6) is 0 Å². The highest BCUT2D eigenvalue weighted by Crippen LogP contribution is 1.89. The molecule has 0 heterocycles. The monoisotopic (exact) mass is 230 g/mol. The van der Waals surface area contributed by atoms with Crippen molar-refractivity contribution in [1.82, 2.24) is 10.2 Å². The van der Waals surface area contributed by atoms with Gasteiger partial charge in [0.2, 0.25) is 5.91 Å². The van der Waals surface area contributed by atoms with Gasteiger partial charge in [0.25, 0.3) is 0 Å². The summed E-state index contributed by atoms with van der Waals surface area (Å²) in [6.07, 6.45) is 3.92. The molecule has 0 spiro atoms. The molecule has 0 atom stereocenters. The van der Waals surface area contributed by atoms with Crippen molar-refractivity contribution in [2.45, 2.75) is 32.6 Å². The van der Waals surface area contributed by atoms with Gasteiger partial charge in [0.1, 0.15) is 0 Å². The maximum absolute atomic E-state index is 11.2. The largest absolute Gasteiger partial charge is 0.381 e. The van der Waals surface area contributed by atoms with Gasteiger partial charge in [-0.05, 0) is 19.4 Å². The molecule has 0 fully saturated rings. The first kappa shape index (κ1) is 15.4. The zero-order valence-electron chi connectivity index (χ0n) is 10.9. The van der Waals surface area contributed by atoms with Crippen LogP contribution in [0.4, 0.5) is 0 Å². The average molecular weight is 230 g/mol. The van der Waals surface area contributed by atoms with Crippen molar-refractivity contribution < 1.29 is 9.53 Å². The lowest BCUT2D eigenvalue weighted by Crippen LogP contribution is -2.27. The SMILES string of the molecule is CCCCOCCCNCCC(=O)N(C)C. The van der Waals surface area contributed by atoms with Crippen LogP contribution in [0.3, 0.4) is 0 Å². The number of amides is 1. The quantitative estimate of drug-likeness (QED) is 0.575. The summed E-state index contributed by atoms with van der Waals surface area (Å²) in [6, 6.07) is 0. The Hall–Kier alpha value is -0.610. The third kappa shape index (κ3) is 9.93. The molecule has 0 bridgehead atoms. The lowest BCUT2D eigenvalue weighted by molar-refractivity contribution is -0.128. The molecule has 0 saturated carbocycles. The van der Waals surface area contributed by atoms with Gasteiger partial charge >= 0.3 is 0 Å². The van der Waals surface area contributed by atoms with E-state index >= 15 is 0 Å². The van der Waals surface area contributed by atoms with Gasteiger partial charge in [0.05, 0.1) is 0 Å². The number of nitrogens with one attached hydrogen (secondary N) is 1. The first-order chi connectivity index (χ1) is 7.68. The molecule has 0 aliphatic heterocycles. The van der Waals surface area contributed by atoms with Gasteiger partial charge in [-0.3, -0.25) is 4.79 Å². The van der Waals surface area contributed by atoms with Gasteiger partial charge in [-0.25, -0.2) is 0 Å². The predicted molar refractivity (Wildman–Crippen MR) is 66.5 cm³/mol. The third-order valence-electron chi connectivity index (χ3n) is 2.30. The van der Waals surface area contributed by atoms with E-state index < -0.39 is 0 Å². The van der Waals surface area contributed by atoms with Gasteiger partial charge in [-0.2, -0.15) is 0 Å². The summed E-state index contributed by atoms with van der Waals surface area (Å²) in [5, 5.41) is 3.23. The molecule has 0 aliphatic rings. The fourth-order valence-electron chi connectivity index (χ4n) is 1.19. The maximum atomic E-state index is 11.2. The van der Waals surface area contributed by atoms with Gasteiger partial charge in [0, 0.05) is 40.3 Å². The number of hydrogen-bond donors (Lipinski definition) is 1. The lowest BCUT2D eigenvalue weighted by atomic mass is 10.3. The Morgan fingerprint density at radius 3 is 2.50 bits per heavy atom. The summed E-state index contributed by atoms with van der Waals surface area (Å²) < 4.78 is 5.42. The molecule has 0 rings (SSSR count). The van der Waals surface area contributed by atoms with Crippen molar-refractivity contribution >= 4 is 5.91 Å². The van der Waals surface area contributed by atoms with Gasteiger partial charge in [-0.1, -0.05) is 13.3 Å². The van der Waals surface area contributed by atoms with Crippen molar-refractivity contribution in [2.24, 2.45) is 0 Å². The fraction of sp³-hybridized carbons (Fsp3) is 0.917. The van der Waals surface area contributed by atoms with Crippen LogP contribution in [0.1, 0.15) is 32.6 Å². The minimum atomic E-state index is 0.173. The molecular formula is C12H26N2O2. The van der Waals surface area contributed by atoms with E-state index in [0.29, 0.717) is 6.42 Å². The first-order valence-corrected chi connectivity index (χ1v) is 6.17. The Morgan fingerprint density at radius 1 is 1.19 bits per heavy atom. The second-order valence-electron chi connectivity index (χ2n) is 4.11. The van der Waals surface area contributed by atoms with Crippen LogP contribution in [-0.2, 0) is 9.53 Å². The molecule has 1 amide bonds. The molecule has 0 aromatic carbocycles. The Labute approximate surface area is 99.3 Å². The average Bonchev–Trinajstić information content (AvgIpc) is 2.26. The van der Waals surface area contributed by atoms with Crippen LogP contribution in [0.25, 0.3) is 0 Å². The van der Waals surface area contributed by atoms with Crippen molar-refractivity contribution in [3.63, 3.8) is 0 Å². The molecule has 0 saturated heterocycles. The van der Waals surface area contributed by atoms with E-state index in [1.807, 2.05) is 0 Å². The van der Waals surface area contributed by atoms with E-state index in [2.05, 4.69) is 12.2 Å². The summed E-state index contributed by atoms with van der Waals surface area (Å²) in [4.78, 5) is 12.8. The number of hydrogen-bond acceptors (Lipinski definition) is 3. The van der Waals surface area contributed by atoms with Crippen LogP contribution in [0.15, 0.2) is 0 Å². The molecule has 0 radical (unpaired) electrons. The first-order valence-electron chi connectivity index (χ1n) is 6.17. The van der Waals surface area contributed by atoms with Gasteiger partial charge < -0.3 is 15.0 Å². The highest BCUT2D eigenvalue weighted by molar-refractivity contribution is 5.75. The van der Waals surface area contributed by atoms with Gasteiger partial charge in [-0.15, -0.1) is 0 Å². The topological polar surface area (TPSA) is 41.6 Å². The lowest BCUT2D eigenvalue weighted by Gasteiger charge is -2.10. The predicted octanol–water partition coefficient (Wildman–Crippen LogP) is 1.26. The normalized spacial score (nSPS) is 10.4. The van der Waals surface area contributed by atoms with Crippen LogP contribution in [-0.4, -0.2) is 51.2 Å². The molecule has 4 nitrogen and oxygen atoms in total. The Kier molecular flexibility index (Phi) is 10.5. The molecule has 96 valence electrons. The van der Waals surface area contributed by atoms with E-state index in [1.165, 1.54) is 6.42 Å².